The number of pyridine rings is 1. The molecule has 1 fully saturated rings. The Morgan fingerprint density at radius 1 is 1.28 bits per heavy atom. The van der Waals surface area contributed by atoms with Crippen molar-refractivity contribution in [2.45, 2.75) is 19.3 Å². The number of halogens is 2. The van der Waals surface area contributed by atoms with Crippen LogP contribution < -0.4 is 5.32 Å². The first-order valence-corrected chi connectivity index (χ1v) is 7.23. The van der Waals surface area contributed by atoms with Gasteiger partial charge in [-0.15, -0.1) is 0 Å². The molecular formula is C14H16Cl2N2. The number of nitrogens with zero attached hydrogens (tertiary/aromatic N) is 1. The van der Waals surface area contributed by atoms with Crippen molar-refractivity contribution in [1.29, 1.82) is 0 Å². The molecule has 2 heterocycles. The highest BCUT2D eigenvalue weighted by Crippen LogP contribution is 2.40. The van der Waals surface area contributed by atoms with Gasteiger partial charge in [-0.3, -0.25) is 0 Å². The van der Waals surface area contributed by atoms with Gasteiger partial charge in [0.1, 0.15) is 5.15 Å². The first kappa shape index (κ1) is 12.5. The van der Waals surface area contributed by atoms with Crippen LogP contribution in [0.3, 0.4) is 0 Å². The Morgan fingerprint density at radius 3 is 3.00 bits per heavy atom. The van der Waals surface area contributed by atoms with Gasteiger partial charge in [-0.25, -0.2) is 4.98 Å². The van der Waals surface area contributed by atoms with E-state index in [0.717, 1.165) is 31.0 Å². The summed E-state index contributed by atoms with van der Waals surface area (Å²) in [6.45, 7) is 2.21. The van der Waals surface area contributed by atoms with Gasteiger partial charge in [-0.1, -0.05) is 29.3 Å². The van der Waals surface area contributed by atoms with E-state index in [1.54, 1.807) is 0 Å². The van der Waals surface area contributed by atoms with Crippen molar-refractivity contribution < 1.29 is 0 Å². The van der Waals surface area contributed by atoms with Crippen LogP contribution >= 0.6 is 23.2 Å². The molecule has 18 heavy (non-hydrogen) atoms. The molecule has 0 radical (unpaired) electrons. The fraction of sp³-hybridized carbons (Fsp3) is 0.500. The molecule has 0 aromatic carbocycles. The fourth-order valence-corrected chi connectivity index (χ4v) is 3.41. The van der Waals surface area contributed by atoms with Gasteiger partial charge in [0, 0.05) is 12.7 Å². The highest BCUT2D eigenvalue weighted by Gasteiger charge is 2.30. The standard InChI is InChI=1S/C14H16Cl2N2/c15-13-6-10(7-18-14(13)16)11-3-1-2-9-4-5-17-8-12(9)11/h3,6-7,9,12,17H,1-2,4-5,8H2/t9-,12+/m1/s1. The molecule has 0 saturated carbocycles. The number of aromatic nitrogens is 1. The highest BCUT2D eigenvalue weighted by atomic mass is 35.5. The van der Waals surface area contributed by atoms with Gasteiger partial charge >= 0.3 is 0 Å². The summed E-state index contributed by atoms with van der Waals surface area (Å²) in [5.41, 5.74) is 2.52. The van der Waals surface area contributed by atoms with Crippen LogP contribution in [0.2, 0.25) is 10.2 Å². The predicted molar refractivity (Wildman–Crippen MR) is 75.9 cm³/mol. The van der Waals surface area contributed by atoms with Crippen molar-refractivity contribution in [3.8, 4) is 0 Å². The predicted octanol–water partition coefficient (Wildman–Crippen LogP) is 3.79. The minimum Gasteiger partial charge on any atom is -0.316 e. The smallest absolute Gasteiger partial charge is 0.147 e. The molecular weight excluding hydrogens is 267 g/mol. The number of rotatable bonds is 1. The molecule has 1 saturated heterocycles. The maximum absolute atomic E-state index is 6.07. The Kier molecular flexibility index (Phi) is 3.60. The SMILES string of the molecule is Clc1cc(C2=CCC[C@@H]3CCNC[C@H]23)cnc1Cl. The van der Waals surface area contributed by atoms with Crippen LogP contribution in [0, 0.1) is 11.8 Å². The van der Waals surface area contributed by atoms with Crippen LogP contribution in [-0.2, 0) is 0 Å². The Morgan fingerprint density at radius 2 is 2.17 bits per heavy atom. The summed E-state index contributed by atoms with van der Waals surface area (Å²) in [4.78, 5) is 4.16. The van der Waals surface area contributed by atoms with E-state index in [9.17, 15) is 0 Å². The van der Waals surface area contributed by atoms with Gasteiger partial charge in [0.25, 0.3) is 0 Å². The average molecular weight is 283 g/mol. The lowest BCUT2D eigenvalue weighted by Crippen LogP contribution is -2.38. The van der Waals surface area contributed by atoms with E-state index in [2.05, 4.69) is 16.4 Å². The number of fused-ring (bicyclic) bond motifs is 1. The second-order valence-corrected chi connectivity index (χ2v) is 5.86. The zero-order valence-electron chi connectivity index (χ0n) is 10.1. The zero-order valence-corrected chi connectivity index (χ0v) is 11.6. The van der Waals surface area contributed by atoms with E-state index in [-0.39, 0.29) is 0 Å². The molecule has 0 spiro atoms. The molecule has 96 valence electrons. The van der Waals surface area contributed by atoms with E-state index in [1.807, 2.05) is 12.3 Å². The zero-order chi connectivity index (χ0) is 12.5. The number of hydrogen-bond acceptors (Lipinski definition) is 2. The summed E-state index contributed by atoms with van der Waals surface area (Å²) in [5.74, 6) is 1.41. The Hall–Kier alpha value is -0.570. The fourth-order valence-electron chi connectivity index (χ4n) is 3.14. The summed E-state index contributed by atoms with van der Waals surface area (Å²) in [7, 11) is 0. The molecule has 2 aliphatic rings. The monoisotopic (exact) mass is 282 g/mol. The topological polar surface area (TPSA) is 24.9 Å². The molecule has 3 rings (SSSR count). The third-order valence-corrected chi connectivity index (χ3v) is 4.74. The Bertz CT molecular complexity index is 485. The molecule has 1 aliphatic carbocycles. The maximum Gasteiger partial charge on any atom is 0.147 e. The van der Waals surface area contributed by atoms with Crippen molar-refractivity contribution in [2.75, 3.05) is 13.1 Å². The van der Waals surface area contributed by atoms with Crippen LogP contribution in [0.1, 0.15) is 24.8 Å². The first-order valence-electron chi connectivity index (χ1n) is 6.48. The van der Waals surface area contributed by atoms with Crippen LogP contribution in [0.25, 0.3) is 5.57 Å². The van der Waals surface area contributed by atoms with Gasteiger partial charge < -0.3 is 5.32 Å². The third-order valence-electron chi connectivity index (χ3n) is 4.06. The van der Waals surface area contributed by atoms with Crippen LogP contribution in [0.4, 0.5) is 0 Å². The number of allylic oxidation sites excluding steroid dienone is 1. The van der Waals surface area contributed by atoms with Crippen LogP contribution in [-0.4, -0.2) is 18.1 Å². The molecule has 1 aromatic heterocycles. The number of piperidine rings is 1. The third kappa shape index (κ3) is 2.29. The number of hydrogen-bond donors (Lipinski definition) is 1. The molecule has 0 amide bonds. The molecule has 4 heteroatoms. The highest BCUT2D eigenvalue weighted by molar-refractivity contribution is 6.41. The molecule has 0 unspecified atom stereocenters. The van der Waals surface area contributed by atoms with Crippen molar-refractivity contribution in [3.05, 3.63) is 34.1 Å². The summed E-state index contributed by atoms with van der Waals surface area (Å²) in [6.07, 6.45) is 7.94. The molecule has 2 atom stereocenters. The lowest BCUT2D eigenvalue weighted by atomic mass is 9.73. The van der Waals surface area contributed by atoms with Gasteiger partial charge in [0.15, 0.2) is 0 Å². The second kappa shape index (κ2) is 5.20. The summed E-state index contributed by atoms with van der Waals surface area (Å²) < 4.78 is 0. The van der Waals surface area contributed by atoms with Crippen molar-refractivity contribution in [1.82, 2.24) is 10.3 Å². The van der Waals surface area contributed by atoms with Gasteiger partial charge in [0.2, 0.25) is 0 Å². The first-order chi connectivity index (χ1) is 8.75. The second-order valence-electron chi connectivity index (χ2n) is 5.09. The van der Waals surface area contributed by atoms with E-state index in [1.165, 1.54) is 18.4 Å². The average Bonchev–Trinajstić information content (AvgIpc) is 2.41. The largest absolute Gasteiger partial charge is 0.316 e. The van der Waals surface area contributed by atoms with E-state index in [0.29, 0.717) is 16.1 Å². The molecule has 1 aromatic rings. The maximum atomic E-state index is 6.07. The van der Waals surface area contributed by atoms with Gasteiger partial charge in [-0.05, 0) is 54.8 Å². The van der Waals surface area contributed by atoms with E-state index in [4.69, 9.17) is 23.2 Å². The molecule has 1 aliphatic heterocycles. The summed E-state index contributed by atoms with van der Waals surface area (Å²) in [5, 5.41) is 4.42. The quantitative estimate of drug-likeness (QED) is 0.793. The number of nitrogens with one attached hydrogen (secondary N) is 1. The minimum absolute atomic E-state index is 0.384. The van der Waals surface area contributed by atoms with E-state index >= 15 is 0 Å². The van der Waals surface area contributed by atoms with Crippen molar-refractivity contribution >= 4 is 28.8 Å². The Balaban J connectivity index is 1.94. The normalized spacial score (nSPS) is 27.6. The molecule has 2 nitrogen and oxygen atoms in total. The van der Waals surface area contributed by atoms with Crippen LogP contribution in [0.5, 0.6) is 0 Å². The lowest BCUT2D eigenvalue weighted by molar-refractivity contribution is 0.285. The van der Waals surface area contributed by atoms with Crippen molar-refractivity contribution in [2.24, 2.45) is 11.8 Å². The molecule has 0 bridgehead atoms. The molecule has 1 N–H and O–H groups in total. The Labute approximate surface area is 117 Å². The van der Waals surface area contributed by atoms with Crippen LogP contribution in [0.15, 0.2) is 18.3 Å². The van der Waals surface area contributed by atoms with Gasteiger partial charge in [0.05, 0.1) is 5.02 Å². The van der Waals surface area contributed by atoms with Crippen molar-refractivity contribution in [3.63, 3.8) is 0 Å². The summed E-state index contributed by atoms with van der Waals surface area (Å²) in [6, 6.07) is 1.94. The summed E-state index contributed by atoms with van der Waals surface area (Å²) >= 11 is 12.0. The minimum atomic E-state index is 0.384. The van der Waals surface area contributed by atoms with Gasteiger partial charge in [-0.2, -0.15) is 0 Å². The lowest BCUT2D eigenvalue weighted by Gasteiger charge is -2.37. The van der Waals surface area contributed by atoms with E-state index < -0.39 is 0 Å².